The summed E-state index contributed by atoms with van der Waals surface area (Å²) >= 11 is 9.39. The Labute approximate surface area is 119 Å². The fraction of sp³-hybridized carbons (Fsp3) is 0.143. The van der Waals surface area contributed by atoms with Crippen LogP contribution in [0, 0.1) is 12.7 Å². The minimum absolute atomic E-state index is 0.316. The van der Waals surface area contributed by atoms with Gasteiger partial charge in [0.25, 0.3) is 0 Å². The molecule has 0 saturated heterocycles. The summed E-state index contributed by atoms with van der Waals surface area (Å²) in [5.74, 6) is -0.316. The van der Waals surface area contributed by atoms with Crippen molar-refractivity contribution in [1.82, 2.24) is 0 Å². The molecule has 18 heavy (non-hydrogen) atoms. The summed E-state index contributed by atoms with van der Waals surface area (Å²) in [6, 6.07) is 10.4. The maximum absolute atomic E-state index is 12.9. The van der Waals surface area contributed by atoms with Crippen molar-refractivity contribution >= 4 is 33.2 Å². The molecule has 0 radical (unpaired) electrons. The molecule has 0 atom stereocenters. The lowest BCUT2D eigenvalue weighted by Crippen LogP contribution is -2.01. The molecule has 1 N–H and O–H groups in total. The highest BCUT2D eigenvalue weighted by Crippen LogP contribution is 2.22. The third kappa shape index (κ3) is 3.24. The van der Waals surface area contributed by atoms with Crippen LogP contribution in [0.1, 0.15) is 11.1 Å². The van der Waals surface area contributed by atoms with Gasteiger partial charge in [-0.2, -0.15) is 0 Å². The molecular formula is C14H12BrClFN. The Morgan fingerprint density at radius 2 is 2.00 bits per heavy atom. The van der Waals surface area contributed by atoms with E-state index in [9.17, 15) is 4.39 Å². The van der Waals surface area contributed by atoms with Crippen LogP contribution in [0.4, 0.5) is 10.1 Å². The third-order valence-electron chi connectivity index (χ3n) is 2.67. The van der Waals surface area contributed by atoms with E-state index in [0.717, 1.165) is 21.3 Å². The first-order chi connectivity index (χ1) is 8.56. The Morgan fingerprint density at radius 1 is 1.22 bits per heavy atom. The molecule has 0 fully saturated rings. The van der Waals surface area contributed by atoms with Crippen molar-refractivity contribution in [2.45, 2.75) is 13.5 Å². The maximum atomic E-state index is 12.9. The fourth-order valence-corrected chi connectivity index (χ4v) is 2.39. The molecule has 0 amide bonds. The minimum atomic E-state index is -0.316. The molecule has 0 aromatic heterocycles. The molecule has 0 unspecified atom stereocenters. The highest BCUT2D eigenvalue weighted by atomic mass is 79.9. The number of rotatable bonds is 3. The van der Waals surface area contributed by atoms with Gasteiger partial charge in [-0.05, 0) is 48.4 Å². The summed E-state index contributed by atoms with van der Waals surface area (Å²) in [5.41, 5.74) is 3.06. The lowest BCUT2D eigenvalue weighted by molar-refractivity contribution is 0.627. The average Bonchev–Trinajstić information content (AvgIpc) is 2.30. The zero-order valence-electron chi connectivity index (χ0n) is 9.81. The lowest BCUT2D eigenvalue weighted by Gasteiger charge is -2.11. The second-order valence-electron chi connectivity index (χ2n) is 4.05. The highest BCUT2D eigenvalue weighted by molar-refractivity contribution is 9.10. The van der Waals surface area contributed by atoms with E-state index in [1.54, 1.807) is 6.07 Å². The van der Waals surface area contributed by atoms with E-state index < -0.39 is 0 Å². The van der Waals surface area contributed by atoms with E-state index in [2.05, 4.69) is 21.2 Å². The van der Waals surface area contributed by atoms with E-state index >= 15 is 0 Å². The summed E-state index contributed by atoms with van der Waals surface area (Å²) in [7, 11) is 0. The maximum Gasteiger partial charge on any atom is 0.124 e. The zero-order valence-corrected chi connectivity index (χ0v) is 12.1. The van der Waals surface area contributed by atoms with Gasteiger partial charge in [-0.15, -0.1) is 0 Å². The first kappa shape index (κ1) is 13.4. The van der Waals surface area contributed by atoms with E-state index in [1.807, 2.05) is 25.1 Å². The van der Waals surface area contributed by atoms with Crippen molar-refractivity contribution in [3.63, 3.8) is 0 Å². The van der Waals surface area contributed by atoms with Crippen molar-refractivity contribution < 1.29 is 4.39 Å². The molecule has 0 aliphatic carbocycles. The standard InChI is InChI=1S/C14H12BrClFN/c1-9-6-11(15)3-5-14(9)18-8-10-2-4-12(17)7-13(10)16/h2-7,18H,8H2,1H3. The lowest BCUT2D eigenvalue weighted by atomic mass is 10.1. The van der Waals surface area contributed by atoms with Crippen LogP contribution in [0.25, 0.3) is 0 Å². The van der Waals surface area contributed by atoms with Crippen LogP contribution >= 0.6 is 27.5 Å². The van der Waals surface area contributed by atoms with Gasteiger partial charge >= 0.3 is 0 Å². The zero-order chi connectivity index (χ0) is 13.1. The largest absolute Gasteiger partial charge is 0.381 e. The SMILES string of the molecule is Cc1cc(Br)ccc1NCc1ccc(F)cc1Cl. The summed E-state index contributed by atoms with van der Waals surface area (Å²) < 4.78 is 14.0. The molecule has 4 heteroatoms. The van der Waals surface area contributed by atoms with Gasteiger partial charge in [-0.3, -0.25) is 0 Å². The highest BCUT2D eigenvalue weighted by Gasteiger charge is 2.03. The summed E-state index contributed by atoms with van der Waals surface area (Å²) in [6.07, 6.45) is 0. The molecule has 0 aliphatic rings. The van der Waals surface area contributed by atoms with E-state index in [0.29, 0.717) is 11.6 Å². The Balaban J connectivity index is 2.11. The van der Waals surface area contributed by atoms with Gasteiger partial charge in [0.1, 0.15) is 5.82 Å². The van der Waals surface area contributed by atoms with Crippen LogP contribution in [-0.4, -0.2) is 0 Å². The monoisotopic (exact) mass is 327 g/mol. The molecule has 94 valence electrons. The van der Waals surface area contributed by atoms with Crippen molar-refractivity contribution in [3.8, 4) is 0 Å². The van der Waals surface area contributed by atoms with Gasteiger partial charge < -0.3 is 5.32 Å². The van der Waals surface area contributed by atoms with Crippen molar-refractivity contribution in [2.75, 3.05) is 5.32 Å². The molecule has 2 rings (SSSR count). The van der Waals surface area contributed by atoms with Crippen LogP contribution in [0.2, 0.25) is 5.02 Å². The predicted molar refractivity (Wildman–Crippen MR) is 77.6 cm³/mol. The van der Waals surface area contributed by atoms with E-state index in [1.165, 1.54) is 12.1 Å². The smallest absolute Gasteiger partial charge is 0.124 e. The van der Waals surface area contributed by atoms with Crippen LogP contribution in [0.3, 0.4) is 0 Å². The van der Waals surface area contributed by atoms with E-state index in [4.69, 9.17) is 11.6 Å². The minimum Gasteiger partial charge on any atom is -0.381 e. The second kappa shape index (κ2) is 5.72. The molecular weight excluding hydrogens is 317 g/mol. The normalized spacial score (nSPS) is 10.4. The van der Waals surface area contributed by atoms with E-state index in [-0.39, 0.29) is 5.82 Å². The first-order valence-electron chi connectivity index (χ1n) is 5.50. The van der Waals surface area contributed by atoms with Crippen LogP contribution in [0.5, 0.6) is 0 Å². The van der Waals surface area contributed by atoms with Gasteiger partial charge in [0.05, 0.1) is 0 Å². The number of anilines is 1. The second-order valence-corrected chi connectivity index (χ2v) is 5.37. The Bertz CT molecular complexity index is 520. The topological polar surface area (TPSA) is 12.0 Å². The summed E-state index contributed by atoms with van der Waals surface area (Å²) in [6.45, 7) is 2.60. The van der Waals surface area contributed by atoms with Crippen molar-refractivity contribution in [2.24, 2.45) is 0 Å². The summed E-state index contributed by atoms with van der Waals surface area (Å²) in [4.78, 5) is 0. The quantitative estimate of drug-likeness (QED) is 0.820. The average molecular weight is 329 g/mol. The van der Waals surface area contributed by atoms with Crippen LogP contribution in [0.15, 0.2) is 40.9 Å². The molecule has 0 aliphatic heterocycles. The Kier molecular flexibility index (Phi) is 4.25. The third-order valence-corrected chi connectivity index (χ3v) is 3.52. The Morgan fingerprint density at radius 3 is 2.67 bits per heavy atom. The van der Waals surface area contributed by atoms with Gasteiger partial charge in [0.15, 0.2) is 0 Å². The molecule has 0 bridgehead atoms. The number of hydrogen-bond acceptors (Lipinski definition) is 1. The number of benzene rings is 2. The predicted octanol–water partition coefficient (Wildman–Crippen LogP) is 5.16. The van der Waals surface area contributed by atoms with Gasteiger partial charge in [0.2, 0.25) is 0 Å². The van der Waals surface area contributed by atoms with Crippen molar-refractivity contribution in [3.05, 3.63) is 62.8 Å². The molecule has 0 spiro atoms. The number of halogens is 3. The van der Waals surface area contributed by atoms with Crippen LogP contribution < -0.4 is 5.32 Å². The van der Waals surface area contributed by atoms with Crippen LogP contribution in [-0.2, 0) is 6.54 Å². The first-order valence-corrected chi connectivity index (χ1v) is 6.67. The fourth-order valence-electron chi connectivity index (χ4n) is 1.68. The van der Waals surface area contributed by atoms with Gasteiger partial charge in [0, 0.05) is 21.7 Å². The van der Waals surface area contributed by atoms with Gasteiger partial charge in [-0.1, -0.05) is 33.6 Å². The van der Waals surface area contributed by atoms with Gasteiger partial charge in [-0.25, -0.2) is 4.39 Å². The molecule has 1 nitrogen and oxygen atoms in total. The molecule has 0 heterocycles. The number of nitrogens with one attached hydrogen (secondary N) is 1. The van der Waals surface area contributed by atoms with Crippen molar-refractivity contribution in [1.29, 1.82) is 0 Å². The number of aryl methyl sites for hydroxylation is 1. The Hall–Kier alpha value is -1.06. The molecule has 2 aromatic carbocycles. The molecule has 2 aromatic rings. The number of hydrogen-bond donors (Lipinski definition) is 1. The summed E-state index contributed by atoms with van der Waals surface area (Å²) in [5, 5.41) is 3.73. The molecule has 0 saturated carbocycles.